The molecule has 5 nitrogen and oxygen atoms in total. The smallest absolute Gasteiger partial charge is 0.255 e. The zero-order chi connectivity index (χ0) is 13.4. The van der Waals surface area contributed by atoms with Gasteiger partial charge < -0.3 is 16.0 Å². The van der Waals surface area contributed by atoms with E-state index in [4.69, 9.17) is 5.73 Å². The molecule has 2 heterocycles. The van der Waals surface area contributed by atoms with Crippen LogP contribution in [-0.4, -0.2) is 29.3 Å². The second-order valence-corrected chi connectivity index (χ2v) is 5.11. The fraction of sp³-hybridized carbons (Fsp3) is 0.429. The number of hydrogen-bond acceptors (Lipinski definition) is 3. The van der Waals surface area contributed by atoms with Crippen molar-refractivity contribution in [2.45, 2.75) is 31.8 Å². The Hall–Kier alpha value is -2.04. The highest BCUT2D eigenvalue weighted by molar-refractivity contribution is 6.02. The highest BCUT2D eigenvalue weighted by atomic mass is 16.2. The molecule has 1 saturated heterocycles. The minimum atomic E-state index is -0.359. The average molecular weight is 259 g/mol. The van der Waals surface area contributed by atoms with Gasteiger partial charge in [0.1, 0.15) is 6.04 Å². The van der Waals surface area contributed by atoms with Gasteiger partial charge in [0, 0.05) is 29.9 Å². The van der Waals surface area contributed by atoms with Crippen LogP contribution in [0, 0.1) is 0 Å². The third-order valence-corrected chi connectivity index (χ3v) is 3.91. The molecule has 5 heteroatoms. The molecule has 0 aliphatic carbocycles. The van der Waals surface area contributed by atoms with Crippen molar-refractivity contribution in [3.63, 3.8) is 0 Å². The lowest BCUT2D eigenvalue weighted by Crippen LogP contribution is -2.45. The molecule has 0 radical (unpaired) electrons. The summed E-state index contributed by atoms with van der Waals surface area (Å²) in [5.41, 5.74) is 8.03. The molecule has 0 aromatic heterocycles. The van der Waals surface area contributed by atoms with Gasteiger partial charge in [-0.3, -0.25) is 9.59 Å². The molecule has 0 bridgehead atoms. The summed E-state index contributed by atoms with van der Waals surface area (Å²) in [5.74, 6) is -0.124. The van der Waals surface area contributed by atoms with Gasteiger partial charge in [-0.1, -0.05) is 6.07 Å². The van der Waals surface area contributed by atoms with Crippen molar-refractivity contribution in [1.82, 2.24) is 10.2 Å². The maximum absolute atomic E-state index is 12.4. The zero-order valence-corrected chi connectivity index (χ0v) is 10.7. The number of nitrogens with two attached hydrogens (primary N) is 1. The molecule has 2 aliphatic rings. The number of amides is 2. The number of rotatable bonds is 1. The lowest BCUT2D eigenvalue weighted by atomic mass is 10.1. The fourth-order valence-electron chi connectivity index (χ4n) is 2.85. The Morgan fingerprint density at radius 3 is 2.89 bits per heavy atom. The number of carbonyl (C=O) groups is 2. The summed E-state index contributed by atoms with van der Waals surface area (Å²) in [5, 5.41) is 2.87. The van der Waals surface area contributed by atoms with Crippen LogP contribution >= 0.6 is 0 Å². The summed E-state index contributed by atoms with van der Waals surface area (Å²) in [6, 6.07) is 5.00. The predicted molar refractivity (Wildman–Crippen MR) is 71.4 cm³/mol. The van der Waals surface area contributed by atoms with Crippen LogP contribution in [-0.2, 0) is 11.3 Å². The molecule has 0 unspecified atom stereocenters. The molecule has 19 heavy (non-hydrogen) atoms. The minimum absolute atomic E-state index is 0.0442. The summed E-state index contributed by atoms with van der Waals surface area (Å²) in [6.07, 6.45) is 2.66. The second kappa shape index (κ2) is 4.57. The number of nitrogens with one attached hydrogen (secondary N) is 1. The lowest BCUT2D eigenvalue weighted by Gasteiger charge is -2.25. The SMILES string of the molecule is Nc1cccc2c1CN([C@H]1CCCCNC1=O)C2=O. The Morgan fingerprint density at radius 2 is 2.11 bits per heavy atom. The summed E-state index contributed by atoms with van der Waals surface area (Å²) >= 11 is 0. The van der Waals surface area contributed by atoms with E-state index in [2.05, 4.69) is 5.32 Å². The molecule has 3 rings (SSSR count). The second-order valence-electron chi connectivity index (χ2n) is 5.11. The van der Waals surface area contributed by atoms with Crippen LogP contribution in [0.4, 0.5) is 5.69 Å². The molecule has 1 atom stereocenters. The van der Waals surface area contributed by atoms with Crippen molar-refractivity contribution in [3.8, 4) is 0 Å². The Morgan fingerprint density at radius 1 is 1.26 bits per heavy atom. The van der Waals surface area contributed by atoms with Crippen molar-refractivity contribution in [2.24, 2.45) is 0 Å². The molecular formula is C14H17N3O2. The van der Waals surface area contributed by atoms with Gasteiger partial charge in [-0.2, -0.15) is 0 Å². The fourth-order valence-corrected chi connectivity index (χ4v) is 2.85. The van der Waals surface area contributed by atoms with E-state index in [1.807, 2.05) is 0 Å². The molecule has 100 valence electrons. The van der Waals surface area contributed by atoms with Crippen LogP contribution in [0.15, 0.2) is 18.2 Å². The van der Waals surface area contributed by atoms with Gasteiger partial charge in [0.2, 0.25) is 5.91 Å². The van der Waals surface area contributed by atoms with Crippen LogP contribution in [0.25, 0.3) is 0 Å². The van der Waals surface area contributed by atoms with Gasteiger partial charge in [0.15, 0.2) is 0 Å². The molecule has 1 fully saturated rings. The van der Waals surface area contributed by atoms with E-state index in [0.29, 0.717) is 24.3 Å². The van der Waals surface area contributed by atoms with E-state index in [1.165, 1.54) is 0 Å². The third-order valence-electron chi connectivity index (χ3n) is 3.91. The highest BCUT2D eigenvalue weighted by Gasteiger charge is 2.37. The minimum Gasteiger partial charge on any atom is -0.398 e. The van der Waals surface area contributed by atoms with Crippen LogP contribution in [0.2, 0.25) is 0 Å². The van der Waals surface area contributed by atoms with Crippen LogP contribution in [0.3, 0.4) is 0 Å². The van der Waals surface area contributed by atoms with Gasteiger partial charge in [0.05, 0.1) is 0 Å². The first kappa shape index (κ1) is 12.0. The maximum atomic E-state index is 12.4. The van der Waals surface area contributed by atoms with Crippen LogP contribution in [0.5, 0.6) is 0 Å². The molecular weight excluding hydrogens is 242 g/mol. The zero-order valence-electron chi connectivity index (χ0n) is 10.7. The number of benzene rings is 1. The molecule has 0 spiro atoms. The molecule has 0 saturated carbocycles. The van der Waals surface area contributed by atoms with Crippen molar-refractivity contribution < 1.29 is 9.59 Å². The largest absolute Gasteiger partial charge is 0.398 e. The number of hydrogen-bond donors (Lipinski definition) is 2. The van der Waals surface area contributed by atoms with Crippen LogP contribution < -0.4 is 11.1 Å². The van der Waals surface area contributed by atoms with Gasteiger partial charge in [0.25, 0.3) is 5.91 Å². The van der Waals surface area contributed by atoms with E-state index in [-0.39, 0.29) is 17.9 Å². The normalized spacial score (nSPS) is 22.9. The number of fused-ring (bicyclic) bond motifs is 1. The highest BCUT2D eigenvalue weighted by Crippen LogP contribution is 2.30. The Bertz CT molecular complexity index is 541. The van der Waals surface area contributed by atoms with E-state index in [9.17, 15) is 9.59 Å². The molecule has 2 aliphatic heterocycles. The topological polar surface area (TPSA) is 75.4 Å². The first-order valence-corrected chi connectivity index (χ1v) is 6.64. The van der Waals surface area contributed by atoms with Crippen molar-refractivity contribution in [2.75, 3.05) is 12.3 Å². The van der Waals surface area contributed by atoms with Gasteiger partial charge in [-0.25, -0.2) is 0 Å². The maximum Gasteiger partial charge on any atom is 0.255 e. The predicted octanol–water partition coefficient (Wildman–Crippen LogP) is 0.893. The van der Waals surface area contributed by atoms with Gasteiger partial charge in [-0.05, 0) is 31.4 Å². The first-order valence-electron chi connectivity index (χ1n) is 6.64. The Kier molecular flexibility index (Phi) is 2.89. The monoisotopic (exact) mass is 259 g/mol. The van der Waals surface area contributed by atoms with Crippen molar-refractivity contribution in [3.05, 3.63) is 29.3 Å². The summed E-state index contributed by atoms with van der Waals surface area (Å²) in [7, 11) is 0. The lowest BCUT2D eigenvalue weighted by molar-refractivity contribution is -0.125. The molecule has 2 amide bonds. The van der Waals surface area contributed by atoms with E-state index < -0.39 is 0 Å². The Balaban J connectivity index is 1.90. The van der Waals surface area contributed by atoms with E-state index in [0.717, 1.165) is 24.8 Å². The van der Waals surface area contributed by atoms with Gasteiger partial charge >= 0.3 is 0 Å². The molecule has 1 aromatic carbocycles. The Labute approximate surface area is 111 Å². The van der Waals surface area contributed by atoms with E-state index in [1.54, 1.807) is 23.1 Å². The van der Waals surface area contributed by atoms with Crippen molar-refractivity contribution in [1.29, 1.82) is 0 Å². The van der Waals surface area contributed by atoms with Crippen LogP contribution in [0.1, 0.15) is 35.2 Å². The number of nitrogen functional groups attached to an aromatic ring is 1. The number of carbonyl (C=O) groups excluding carboxylic acids is 2. The van der Waals surface area contributed by atoms with Crippen molar-refractivity contribution >= 4 is 17.5 Å². The molecule has 3 N–H and O–H groups in total. The third kappa shape index (κ3) is 1.95. The average Bonchev–Trinajstić information content (AvgIpc) is 2.59. The van der Waals surface area contributed by atoms with E-state index >= 15 is 0 Å². The van der Waals surface area contributed by atoms with Gasteiger partial charge in [-0.15, -0.1) is 0 Å². The quantitative estimate of drug-likeness (QED) is 0.736. The summed E-state index contributed by atoms with van der Waals surface area (Å²) in [6.45, 7) is 1.14. The summed E-state index contributed by atoms with van der Waals surface area (Å²) in [4.78, 5) is 26.1. The summed E-state index contributed by atoms with van der Waals surface area (Å²) < 4.78 is 0. The first-order chi connectivity index (χ1) is 9.18. The number of anilines is 1. The molecule has 1 aromatic rings. The number of nitrogens with zero attached hydrogens (tertiary/aromatic N) is 1. The standard InChI is InChI=1S/C14H17N3O2/c15-11-5-3-4-9-10(11)8-17(14(9)19)12-6-1-2-7-16-13(12)18/h3-5,12H,1-2,6-8,15H2,(H,16,18)/t12-/m0/s1.